The standard InChI is InChI=1S/C19H18ClNO3/c1-11-9-21-19(23)16-8-15(12(2)17(20)18(16)24-11)7-13-3-5-14(10-22)6-4-13/h3-6,8,10-11H,7,9H2,1-2H3,(H,21,23). The van der Waals surface area contributed by atoms with E-state index in [1.165, 1.54) is 0 Å². The highest BCUT2D eigenvalue weighted by molar-refractivity contribution is 6.33. The number of rotatable bonds is 3. The maximum absolute atomic E-state index is 12.3. The zero-order valence-electron chi connectivity index (χ0n) is 13.6. The summed E-state index contributed by atoms with van der Waals surface area (Å²) in [5.74, 6) is 0.283. The molecule has 24 heavy (non-hydrogen) atoms. The third kappa shape index (κ3) is 3.15. The topological polar surface area (TPSA) is 55.4 Å². The number of amides is 1. The minimum Gasteiger partial charge on any atom is -0.486 e. The van der Waals surface area contributed by atoms with E-state index in [2.05, 4.69) is 5.32 Å². The predicted molar refractivity (Wildman–Crippen MR) is 93.2 cm³/mol. The van der Waals surface area contributed by atoms with Gasteiger partial charge in [-0.05, 0) is 43.0 Å². The van der Waals surface area contributed by atoms with Gasteiger partial charge in [-0.25, -0.2) is 0 Å². The van der Waals surface area contributed by atoms with Crippen molar-refractivity contribution in [1.29, 1.82) is 0 Å². The fraction of sp³-hybridized carbons (Fsp3) is 0.263. The summed E-state index contributed by atoms with van der Waals surface area (Å²) in [5.41, 5.74) is 4.01. The van der Waals surface area contributed by atoms with Crippen LogP contribution in [0.1, 0.15) is 44.3 Å². The fourth-order valence-corrected chi connectivity index (χ4v) is 3.02. The van der Waals surface area contributed by atoms with Gasteiger partial charge in [0.15, 0.2) is 5.75 Å². The van der Waals surface area contributed by atoms with Crippen LogP contribution in [0.3, 0.4) is 0 Å². The van der Waals surface area contributed by atoms with Gasteiger partial charge in [0.05, 0.1) is 17.1 Å². The number of nitrogens with one attached hydrogen (secondary N) is 1. The number of hydrogen-bond acceptors (Lipinski definition) is 3. The van der Waals surface area contributed by atoms with Gasteiger partial charge in [0, 0.05) is 5.56 Å². The molecule has 2 aromatic carbocycles. The summed E-state index contributed by atoms with van der Waals surface area (Å²) >= 11 is 6.48. The van der Waals surface area contributed by atoms with E-state index in [1.807, 2.05) is 32.0 Å². The Hall–Kier alpha value is -2.33. The van der Waals surface area contributed by atoms with E-state index >= 15 is 0 Å². The summed E-state index contributed by atoms with van der Waals surface area (Å²) in [5, 5.41) is 3.32. The van der Waals surface area contributed by atoms with Gasteiger partial charge in [-0.3, -0.25) is 9.59 Å². The highest BCUT2D eigenvalue weighted by Gasteiger charge is 2.25. The smallest absolute Gasteiger partial charge is 0.255 e. The Kier molecular flexibility index (Phi) is 4.58. The van der Waals surface area contributed by atoms with Gasteiger partial charge in [-0.1, -0.05) is 35.9 Å². The van der Waals surface area contributed by atoms with Crippen LogP contribution in [0.4, 0.5) is 0 Å². The molecule has 5 heteroatoms. The lowest BCUT2D eigenvalue weighted by atomic mass is 9.96. The Morgan fingerprint density at radius 2 is 2.04 bits per heavy atom. The molecule has 1 aliphatic heterocycles. The van der Waals surface area contributed by atoms with Crippen LogP contribution in [0, 0.1) is 6.92 Å². The molecule has 1 heterocycles. The number of carbonyl (C=O) groups is 2. The summed E-state index contributed by atoms with van der Waals surface area (Å²) in [4.78, 5) is 23.1. The fourth-order valence-electron chi connectivity index (χ4n) is 2.75. The Labute approximate surface area is 145 Å². The second-order valence-electron chi connectivity index (χ2n) is 6.03. The molecule has 0 fully saturated rings. The third-order valence-electron chi connectivity index (χ3n) is 4.20. The van der Waals surface area contributed by atoms with Crippen LogP contribution in [-0.4, -0.2) is 24.8 Å². The first-order chi connectivity index (χ1) is 11.5. The van der Waals surface area contributed by atoms with Crippen molar-refractivity contribution in [2.24, 2.45) is 0 Å². The molecule has 2 aromatic rings. The van der Waals surface area contributed by atoms with Gasteiger partial charge < -0.3 is 10.1 Å². The minimum absolute atomic E-state index is 0.131. The van der Waals surface area contributed by atoms with Gasteiger partial charge in [0.25, 0.3) is 5.91 Å². The Bertz CT molecular complexity index is 799. The molecule has 1 aliphatic rings. The first kappa shape index (κ1) is 16.5. The van der Waals surface area contributed by atoms with Gasteiger partial charge in [-0.15, -0.1) is 0 Å². The quantitative estimate of drug-likeness (QED) is 0.867. The van der Waals surface area contributed by atoms with Crippen LogP contribution in [0.15, 0.2) is 30.3 Å². The van der Waals surface area contributed by atoms with E-state index < -0.39 is 0 Å². The molecule has 0 radical (unpaired) electrons. The first-order valence-electron chi connectivity index (χ1n) is 7.80. The van der Waals surface area contributed by atoms with E-state index in [4.69, 9.17) is 16.3 Å². The Morgan fingerprint density at radius 1 is 1.33 bits per heavy atom. The summed E-state index contributed by atoms with van der Waals surface area (Å²) in [6, 6.07) is 9.21. The SMILES string of the molecule is Cc1c(Cc2ccc(C=O)cc2)cc2c(c1Cl)OC(C)CNC2=O. The number of ether oxygens (including phenoxy) is 1. The molecule has 1 unspecified atom stereocenters. The van der Waals surface area contributed by atoms with Crippen molar-refractivity contribution < 1.29 is 14.3 Å². The molecule has 1 amide bonds. The maximum Gasteiger partial charge on any atom is 0.255 e. The van der Waals surface area contributed by atoms with Crippen molar-refractivity contribution >= 4 is 23.8 Å². The molecular weight excluding hydrogens is 326 g/mol. The summed E-state index contributed by atoms with van der Waals surface area (Å²) in [6.07, 6.45) is 1.31. The van der Waals surface area contributed by atoms with E-state index in [0.29, 0.717) is 34.9 Å². The van der Waals surface area contributed by atoms with Crippen LogP contribution in [0.5, 0.6) is 5.75 Å². The van der Waals surface area contributed by atoms with E-state index in [9.17, 15) is 9.59 Å². The summed E-state index contributed by atoms with van der Waals surface area (Å²) < 4.78 is 5.82. The first-order valence-corrected chi connectivity index (χ1v) is 8.18. The number of hydrogen-bond donors (Lipinski definition) is 1. The molecule has 0 bridgehead atoms. The molecule has 0 spiro atoms. The summed E-state index contributed by atoms with van der Waals surface area (Å²) in [7, 11) is 0. The van der Waals surface area contributed by atoms with Gasteiger partial charge in [0.2, 0.25) is 0 Å². The average Bonchev–Trinajstić information content (AvgIpc) is 2.73. The summed E-state index contributed by atoms with van der Waals surface area (Å²) in [6.45, 7) is 4.27. The highest BCUT2D eigenvalue weighted by atomic mass is 35.5. The molecule has 3 rings (SSSR count). The van der Waals surface area contributed by atoms with Crippen molar-refractivity contribution in [3.05, 3.63) is 63.2 Å². The van der Waals surface area contributed by atoms with Crippen LogP contribution in [0.2, 0.25) is 5.02 Å². The average molecular weight is 344 g/mol. The van der Waals surface area contributed by atoms with Crippen LogP contribution < -0.4 is 10.1 Å². The molecule has 0 saturated heterocycles. The van der Waals surface area contributed by atoms with Crippen molar-refractivity contribution in [2.75, 3.05) is 6.54 Å². The van der Waals surface area contributed by atoms with Crippen LogP contribution in [0.25, 0.3) is 0 Å². The number of aldehydes is 1. The molecule has 0 saturated carbocycles. The lowest BCUT2D eigenvalue weighted by Gasteiger charge is -2.17. The van der Waals surface area contributed by atoms with Crippen molar-refractivity contribution in [3.8, 4) is 5.75 Å². The maximum atomic E-state index is 12.3. The molecule has 0 aromatic heterocycles. The largest absolute Gasteiger partial charge is 0.486 e. The number of halogens is 1. The second-order valence-corrected chi connectivity index (χ2v) is 6.40. The predicted octanol–water partition coefficient (Wildman–Crippen LogP) is 3.56. The lowest BCUT2D eigenvalue weighted by Crippen LogP contribution is -2.29. The Balaban J connectivity index is 2.01. The third-order valence-corrected chi connectivity index (χ3v) is 4.65. The minimum atomic E-state index is -0.172. The molecule has 4 nitrogen and oxygen atoms in total. The second kappa shape index (κ2) is 6.65. The van der Waals surface area contributed by atoms with Gasteiger partial charge >= 0.3 is 0 Å². The van der Waals surface area contributed by atoms with Crippen LogP contribution >= 0.6 is 11.6 Å². The molecule has 124 valence electrons. The van der Waals surface area contributed by atoms with Gasteiger partial charge in [-0.2, -0.15) is 0 Å². The molecule has 1 N–H and O–H groups in total. The Morgan fingerprint density at radius 3 is 2.71 bits per heavy atom. The van der Waals surface area contributed by atoms with Crippen molar-refractivity contribution in [3.63, 3.8) is 0 Å². The molecule has 0 aliphatic carbocycles. The van der Waals surface area contributed by atoms with Gasteiger partial charge in [0.1, 0.15) is 12.4 Å². The van der Waals surface area contributed by atoms with Crippen molar-refractivity contribution in [1.82, 2.24) is 5.32 Å². The number of fused-ring (bicyclic) bond motifs is 1. The zero-order chi connectivity index (χ0) is 17.3. The lowest BCUT2D eigenvalue weighted by molar-refractivity contribution is 0.0952. The van der Waals surface area contributed by atoms with E-state index in [0.717, 1.165) is 23.0 Å². The molecule has 1 atom stereocenters. The highest BCUT2D eigenvalue weighted by Crippen LogP contribution is 2.36. The monoisotopic (exact) mass is 343 g/mol. The van der Waals surface area contributed by atoms with Crippen LogP contribution in [-0.2, 0) is 6.42 Å². The molecular formula is C19H18ClNO3. The zero-order valence-corrected chi connectivity index (χ0v) is 14.3. The number of benzene rings is 2. The number of carbonyl (C=O) groups excluding carboxylic acids is 2. The van der Waals surface area contributed by atoms with E-state index in [-0.39, 0.29) is 12.0 Å². The van der Waals surface area contributed by atoms with Crippen molar-refractivity contribution in [2.45, 2.75) is 26.4 Å². The van der Waals surface area contributed by atoms with E-state index in [1.54, 1.807) is 12.1 Å². The normalized spacial score (nSPS) is 16.6.